The average molecular weight is 1190 g/mol. The molecule has 83 heavy (non-hydrogen) atoms. The third kappa shape index (κ3) is 21.6. The summed E-state index contributed by atoms with van der Waals surface area (Å²) in [7, 11) is 0. The van der Waals surface area contributed by atoms with Crippen molar-refractivity contribution in [3.05, 3.63) is 155 Å². The molecular formula is C56H70ClF4N13O9. The SMILES string of the molecule is Cc1ccc(Nc2ncc(-c3ccc(OC(F)F)cc3)cn2)cc1N.Cc1ccc(Nc2ncc(-c3ccc(OC(F)F)cc3)cn2)cc1NC(=O)N1CCN(CCO)CC1.O=C(Cl)Oc1ccc([N+](=O)[O-])cc1.OCCN1CCNCC1.[2HH].[2H][2H].[2H][2H].[2H][2H]. The summed E-state index contributed by atoms with van der Waals surface area (Å²) in [5.74, 6) is 1.17. The van der Waals surface area contributed by atoms with Crippen LogP contribution in [0.4, 0.5) is 67.5 Å². The molecule has 2 saturated heterocycles. The molecule has 0 unspecified atom stereocenters. The summed E-state index contributed by atoms with van der Waals surface area (Å²) in [6.07, 6.45) is 6.56. The zero-order chi connectivity index (χ0) is 65.7. The molecule has 0 radical (unpaired) electrons. The number of urea groups is 1. The molecule has 0 atom stereocenters. The van der Waals surface area contributed by atoms with Gasteiger partial charge in [-0.2, -0.15) is 17.6 Å². The first-order valence-corrected chi connectivity index (χ1v) is 26.1. The number of nitrogens with one attached hydrogen (secondary N) is 4. The Morgan fingerprint density at radius 1 is 0.675 bits per heavy atom. The molecule has 9 rings (SSSR count). The van der Waals surface area contributed by atoms with Gasteiger partial charge in [-0.1, -0.05) is 36.4 Å². The number of carbonyl (C=O) groups excluding carboxylic acids is 2. The number of rotatable bonds is 17. The van der Waals surface area contributed by atoms with Crippen molar-refractivity contribution in [3.8, 4) is 39.5 Å². The lowest BCUT2D eigenvalue weighted by molar-refractivity contribution is -0.384. The fraction of sp³-hybridized carbons (Fsp3) is 0.286. The first-order chi connectivity index (χ1) is 42.9. The normalized spacial score (nSPS) is 13.5. The van der Waals surface area contributed by atoms with E-state index in [9.17, 15) is 37.3 Å². The molecule has 4 heterocycles. The van der Waals surface area contributed by atoms with Crippen molar-refractivity contribution < 1.29 is 66.8 Å². The molecule has 8 N–H and O–H groups in total. The van der Waals surface area contributed by atoms with Crippen LogP contribution in [-0.2, 0) is 0 Å². The number of aryl methyl sites for hydroxylation is 2. The van der Waals surface area contributed by atoms with Gasteiger partial charge in [0.1, 0.15) is 17.2 Å². The van der Waals surface area contributed by atoms with Gasteiger partial charge in [0.25, 0.3) is 5.69 Å². The molecule has 2 fully saturated rings. The van der Waals surface area contributed by atoms with Crippen molar-refractivity contribution in [1.82, 2.24) is 40.0 Å². The molecule has 0 aliphatic carbocycles. The lowest BCUT2D eigenvalue weighted by atomic mass is 10.1. The molecule has 22 nitrogen and oxygen atoms in total. The minimum Gasteiger partial charge on any atom is -0.435 e. The Hall–Kier alpha value is -8.79. The number of benzene rings is 5. The molecule has 2 aliphatic rings. The topological polar surface area (TPSA) is 281 Å². The number of hydrogen-bond acceptors (Lipinski definition) is 19. The van der Waals surface area contributed by atoms with Gasteiger partial charge in [-0.25, -0.2) is 29.5 Å². The van der Waals surface area contributed by atoms with Crippen molar-refractivity contribution in [2.24, 2.45) is 0 Å². The van der Waals surface area contributed by atoms with Crippen LogP contribution in [-0.4, -0.2) is 153 Å². The van der Waals surface area contributed by atoms with E-state index in [4.69, 9.17) is 36.5 Å². The largest absolute Gasteiger partial charge is 0.435 e. The summed E-state index contributed by atoms with van der Waals surface area (Å²) >= 11 is 4.92. The number of nitrogens with two attached hydrogens (primary N) is 1. The van der Waals surface area contributed by atoms with Gasteiger partial charge >= 0.3 is 24.7 Å². The van der Waals surface area contributed by atoms with Gasteiger partial charge in [-0.15, -0.1) is 0 Å². The molecule has 2 aliphatic heterocycles. The standard InChI is InChI=1S/C25H28F2N6O3.C18H16F2N4O.C7H4ClNO4.C6H14N2O.4H2/c1-17-2-5-20(14-22(17)31-25(35)33-10-8-32(9-11-33)12-13-34)30-24-28-15-19(16-29-24)18-3-6-21(7-4-18)36-23(26)27;1-11-2-5-14(8-16(11)21)24-18-22-9-13(10-23-18)12-3-6-15(7-4-12)25-17(19)20;8-7(10)13-6-3-1-5(2-4-6)9(11)12;9-6-5-8-3-1-7-2-4-8;;;;/h2-7,14-16,23,34H,8-13H2,1H3,(H,31,35)(H,28,29,30);2-10,17H,21H2,1H3,(H,22,23,24);1-4H;7,9H,1-6H2;4*1H/i;;;;3*1+1D;1+1. The maximum absolute atomic E-state index is 12.8. The van der Waals surface area contributed by atoms with E-state index >= 15 is 0 Å². The maximum Gasteiger partial charge on any atom is 0.409 e. The molecule has 2 aromatic heterocycles. The average Bonchev–Trinajstić information content (AvgIpc) is 1.81. The number of aliphatic hydroxyl groups is 2. The number of amides is 2. The number of non-ortho nitro benzene ring substituents is 1. The first kappa shape index (κ1) is 58.9. The Bertz CT molecular complexity index is 3160. The summed E-state index contributed by atoms with van der Waals surface area (Å²) in [6, 6.07) is 28.6. The number of halogens is 5. The fourth-order valence-electron chi connectivity index (χ4n) is 7.87. The van der Waals surface area contributed by atoms with Gasteiger partial charge < -0.3 is 56.3 Å². The maximum atomic E-state index is 12.8. The van der Waals surface area contributed by atoms with E-state index in [-0.39, 0.29) is 37.0 Å². The van der Waals surface area contributed by atoms with E-state index in [0.29, 0.717) is 55.2 Å². The lowest BCUT2D eigenvalue weighted by Gasteiger charge is -2.34. The third-order valence-corrected chi connectivity index (χ3v) is 12.4. The highest BCUT2D eigenvalue weighted by Crippen LogP contribution is 2.27. The molecule has 0 spiro atoms. The van der Waals surface area contributed by atoms with Gasteiger partial charge in [0.15, 0.2) is 0 Å². The number of hydrogen-bond donors (Lipinski definition) is 7. The molecule has 0 bridgehead atoms. The minimum atomic E-state index is -2.87. The highest BCUT2D eigenvalue weighted by molar-refractivity contribution is 6.61. The molecule has 5 aromatic carbocycles. The smallest absolute Gasteiger partial charge is 0.409 e. The van der Waals surface area contributed by atoms with Gasteiger partial charge in [0.2, 0.25) is 11.9 Å². The minimum absolute atomic E-state index is 0. The zero-order valence-electron chi connectivity index (χ0n) is 51.1. The first-order valence-electron chi connectivity index (χ1n) is 28.8. The van der Waals surface area contributed by atoms with Gasteiger partial charge in [-0.05, 0) is 96.8 Å². The van der Waals surface area contributed by atoms with E-state index in [2.05, 4.69) is 65.2 Å². The van der Waals surface area contributed by atoms with Crippen molar-refractivity contribution in [2.75, 3.05) is 100 Å². The van der Waals surface area contributed by atoms with Gasteiger partial charge in [0.05, 0.1) is 18.1 Å². The Morgan fingerprint density at radius 3 is 1.55 bits per heavy atom. The molecule has 2 amide bonds. The van der Waals surface area contributed by atoms with Crippen molar-refractivity contribution in [1.29, 1.82) is 0 Å². The Kier molecular flexibility index (Phi) is 23.1. The highest BCUT2D eigenvalue weighted by Gasteiger charge is 2.21. The lowest BCUT2D eigenvalue weighted by Crippen LogP contribution is -2.50. The predicted octanol–water partition coefficient (Wildman–Crippen LogP) is 10.5. The summed E-state index contributed by atoms with van der Waals surface area (Å²) in [4.78, 5) is 56.0. The number of β-amino-alcohol motifs (C(OH)–C–C–N with tert-alkyl or cyclic N) is 2. The molecule has 0 saturated carbocycles. The summed E-state index contributed by atoms with van der Waals surface area (Å²) in [5, 5.41) is 40.3. The molecule has 7 aromatic rings. The van der Waals surface area contributed by atoms with Gasteiger partial charge in [-0.3, -0.25) is 19.9 Å². The highest BCUT2D eigenvalue weighted by atomic mass is 35.5. The van der Waals surface area contributed by atoms with Crippen molar-refractivity contribution in [3.63, 3.8) is 0 Å². The summed E-state index contributed by atoms with van der Waals surface area (Å²) in [6.45, 7) is 6.98. The van der Waals surface area contributed by atoms with Crippen LogP contribution < -0.4 is 41.2 Å². The van der Waals surface area contributed by atoms with Crippen LogP contribution in [0.2, 0.25) is 0 Å². The van der Waals surface area contributed by atoms with E-state index < -0.39 is 23.6 Å². The number of nitrogen functional groups attached to an aromatic ring is 1. The number of carbonyl (C=O) groups is 2. The predicted molar refractivity (Wildman–Crippen MR) is 315 cm³/mol. The number of alkyl halides is 4. The van der Waals surface area contributed by atoms with E-state index in [0.717, 1.165) is 84.9 Å². The van der Waals surface area contributed by atoms with E-state index in [1.54, 1.807) is 54.0 Å². The van der Waals surface area contributed by atoms with Crippen molar-refractivity contribution >= 4 is 63.4 Å². The molecule has 448 valence electrons. The summed E-state index contributed by atoms with van der Waals surface area (Å²) in [5.41, 5.74) is 12.7. The fourth-order valence-corrected chi connectivity index (χ4v) is 7.96. The monoisotopic (exact) mass is 1190 g/mol. The van der Waals surface area contributed by atoms with Crippen molar-refractivity contribution in [2.45, 2.75) is 27.1 Å². The second kappa shape index (κ2) is 32.6. The van der Waals surface area contributed by atoms with Crippen LogP contribution in [0.15, 0.2) is 134 Å². The zero-order valence-corrected chi connectivity index (χ0v) is 45.9. The van der Waals surface area contributed by atoms with Crippen LogP contribution >= 0.6 is 11.6 Å². The second-order valence-corrected chi connectivity index (χ2v) is 18.4. The van der Waals surface area contributed by atoms with Crippen LogP contribution in [0.25, 0.3) is 22.3 Å². The Balaban J connectivity index is 0.000000440. The van der Waals surface area contributed by atoms with E-state index in [1.807, 2.05) is 50.2 Å². The number of ether oxygens (including phenoxy) is 3. The Labute approximate surface area is 491 Å². The van der Waals surface area contributed by atoms with Crippen LogP contribution in [0.3, 0.4) is 0 Å². The van der Waals surface area contributed by atoms with Gasteiger partial charge in [0, 0.05) is 158 Å². The Morgan fingerprint density at radius 2 is 1.12 bits per heavy atom. The number of aromatic nitrogens is 4. The number of nitro groups is 1. The number of nitro benzene ring substituents is 1. The second-order valence-electron chi connectivity index (χ2n) is 18.1. The molecular weight excluding hydrogens is 1110 g/mol. The third-order valence-electron chi connectivity index (χ3n) is 12.3. The van der Waals surface area contributed by atoms with Crippen LogP contribution in [0, 0.1) is 24.0 Å². The quantitative estimate of drug-likeness (QED) is 0.0147. The van der Waals surface area contributed by atoms with E-state index in [1.165, 1.54) is 48.5 Å². The van der Waals surface area contributed by atoms with Crippen LogP contribution in [0.5, 0.6) is 17.2 Å². The number of aliphatic hydroxyl groups excluding tert-OH is 2. The summed E-state index contributed by atoms with van der Waals surface area (Å²) < 4.78 is 92.1. The number of piperazine rings is 2. The molecule has 27 heteroatoms. The number of anilines is 6. The number of nitrogens with zero attached hydrogens (tertiary/aromatic N) is 8. The van der Waals surface area contributed by atoms with Crippen LogP contribution in [0.1, 0.15) is 21.5 Å².